The summed E-state index contributed by atoms with van der Waals surface area (Å²) < 4.78 is 8.66. The number of hydrogen-bond acceptors (Lipinski definition) is 5. The molecule has 0 unspecified atom stereocenters. The molecule has 4 rings (SSSR count). The molecule has 32 heavy (non-hydrogen) atoms. The van der Waals surface area contributed by atoms with Crippen LogP contribution in [0, 0.1) is 27.7 Å². The van der Waals surface area contributed by atoms with E-state index in [1.807, 2.05) is 74.8 Å². The number of carbonyl (C=O) groups excluding carboxylic acids is 1. The number of carbonyl (C=O) groups is 1. The minimum atomic E-state index is -0.157. The molecule has 0 bridgehead atoms. The Morgan fingerprint density at radius 3 is 2.56 bits per heavy atom. The van der Waals surface area contributed by atoms with Gasteiger partial charge in [0.1, 0.15) is 5.75 Å². The Hall–Kier alpha value is -2.90. The summed E-state index contributed by atoms with van der Waals surface area (Å²) in [5.74, 6) is 0.504. The van der Waals surface area contributed by atoms with Crippen LogP contribution >= 0.6 is 22.9 Å². The molecule has 0 fully saturated rings. The third-order valence-electron chi connectivity index (χ3n) is 5.29. The number of nitrogens with zero attached hydrogens (tertiary/aromatic N) is 4. The van der Waals surface area contributed by atoms with E-state index in [9.17, 15) is 4.79 Å². The minimum absolute atomic E-state index is 0.0736. The topological polar surface area (TPSA) is 60.2 Å². The van der Waals surface area contributed by atoms with Gasteiger partial charge in [0.2, 0.25) is 0 Å². The molecule has 2 aromatic heterocycles. The standard InChI is InChI=1S/C24H25ClN4O2S/c1-15-5-7-19(8-6-15)31-14-22(30)28(11-12-29-17(3)13-16(2)27-29)24-26-23-18(4)20(25)9-10-21(23)32-24/h5-10,13H,11-12,14H2,1-4H3. The van der Waals surface area contributed by atoms with Crippen LogP contribution in [0.3, 0.4) is 0 Å². The third-order valence-corrected chi connectivity index (χ3v) is 6.74. The zero-order valence-electron chi connectivity index (χ0n) is 18.6. The molecule has 0 N–H and O–H groups in total. The van der Waals surface area contributed by atoms with Crippen molar-refractivity contribution in [2.45, 2.75) is 34.2 Å². The van der Waals surface area contributed by atoms with Crippen LogP contribution in [-0.2, 0) is 11.3 Å². The lowest BCUT2D eigenvalue weighted by Crippen LogP contribution is -2.37. The lowest BCUT2D eigenvalue weighted by atomic mass is 10.2. The maximum Gasteiger partial charge on any atom is 0.266 e. The van der Waals surface area contributed by atoms with Gasteiger partial charge in [0, 0.05) is 17.3 Å². The Morgan fingerprint density at radius 2 is 1.88 bits per heavy atom. The van der Waals surface area contributed by atoms with Crippen molar-refractivity contribution in [3.8, 4) is 5.75 Å². The van der Waals surface area contributed by atoms with E-state index in [0.717, 1.165) is 32.7 Å². The molecule has 2 heterocycles. The molecule has 0 saturated heterocycles. The van der Waals surface area contributed by atoms with Gasteiger partial charge in [-0.15, -0.1) is 0 Å². The van der Waals surface area contributed by atoms with E-state index >= 15 is 0 Å². The highest BCUT2D eigenvalue weighted by Gasteiger charge is 2.22. The molecule has 0 saturated carbocycles. The van der Waals surface area contributed by atoms with Crippen molar-refractivity contribution in [2.75, 3.05) is 18.1 Å². The van der Waals surface area contributed by atoms with Gasteiger partial charge in [-0.2, -0.15) is 5.10 Å². The number of amides is 1. The summed E-state index contributed by atoms with van der Waals surface area (Å²) in [6.07, 6.45) is 0. The SMILES string of the molecule is Cc1ccc(OCC(=O)N(CCn2nc(C)cc2C)c2nc3c(C)c(Cl)ccc3s2)cc1. The van der Waals surface area contributed by atoms with Crippen molar-refractivity contribution in [3.63, 3.8) is 0 Å². The van der Waals surface area contributed by atoms with Crippen LogP contribution in [0.15, 0.2) is 42.5 Å². The van der Waals surface area contributed by atoms with E-state index < -0.39 is 0 Å². The molecule has 0 aliphatic rings. The highest BCUT2D eigenvalue weighted by atomic mass is 35.5. The van der Waals surface area contributed by atoms with E-state index in [2.05, 4.69) is 5.10 Å². The molecule has 0 atom stereocenters. The van der Waals surface area contributed by atoms with Crippen molar-refractivity contribution in [1.29, 1.82) is 0 Å². The van der Waals surface area contributed by atoms with Gasteiger partial charge in [0.25, 0.3) is 5.91 Å². The molecule has 1 amide bonds. The summed E-state index contributed by atoms with van der Waals surface area (Å²) in [6.45, 7) is 8.84. The first kappa shape index (κ1) is 22.3. The Kier molecular flexibility index (Phi) is 6.48. The number of ether oxygens (including phenoxy) is 1. The molecule has 0 spiro atoms. The van der Waals surface area contributed by atoms with Crippen molar-refractivity contribution in [2.24, 2.45) is 0 Å². The molecule has 8 heteroatoms. The number of anilines is 1. The molecule has 0 aliphatic heterocycles. The van der Waals surface area contributed by atoms with E-state index in [1.165, 1.54) is 11.3 Å². The van der Waals surface area contributed by atoms with Gasteiger partial charge in [-0.3, -0.25) is 14.4 Å². The van der Waals surface area contributed by atoms with Crippen LogP contribution in [-0.4, -0.2) is 33.8 Å². The second-order valence-electron chi connectivity index (χ2n) is 7.81. The molecule has 0 radical (unpaired) electrons. The van der Waals surface area contributed by atoms with E-state index in [1.54, 1.807) is 4.90 Å². The van der Waals surface area contributed by atoms with E-state index in [4.69, 9.17) is 21.3 Å². The molecule has 4 aromatic rings. The number of aryl methyl sites for hydroxylation is 4. The smallest absolute Gasteiger partial charge is 0.266 e. The fourth-order valence-electron chi connectivity index (χ4n) is 3.48. The largest absolute Gasteiger partial charge is 0.484 e. The normalized spacial score (nSPS) is 11.2. The van der Waals surface area contributed by atoms with E-state index in [-0.39, 0.29) is 12.5 Å². The summed E-state index contributed by atoms with van der Waals surface area (Å²) in [5, 5.41) is 5.81. The summed E-state index contributed by atoms with van der Waals surface area (Å²) >= 11 is 7.76. The van der Waals surface area contributed by atoms with Gasteiger partial charge in [-0.05, 0) is 63.6 Å². The summed E-state index contributed by atoms with van der Waals surface area (Å²) in [7, 11) is 0. The number of hydrogen-bond donors (Lipinski definition) is 0. The van der Waals surface area contributed by atoms with Crippen LogP contribution in [0.4, 0.5) is 5.13 Å². The highest BCUT2D eigenvalue weighted by Crippen LogP contribution is 2.33. The first-order valence-electron chi connectivity index (χ1n) is 10.4. The molecule has 2 aromatic carbocycles. The lowest BCUT2D eigenvalue weighted by Gasteiger charge is -2.20. The first-order valence-corrected chi connectivity index (χ1v) is 11.6. The summed E-state index contributed by atoms with van der Waals surface area (Å²) in [4.78, 5) is 19.7. The van der Waals surface area contributed by atoms with Crippen molar-refractivity contribution < 1.29 is 9.53 Å². The second-order valence-corrected chi connectivity index (χ2v) is 9.23. The van der Waals surface area contributed by atoms with Gasteiger partial charge in [0.15, 0.2) is 11.7 Å². The average molecular weight is 469 g/mol. The molecular weight excluding hydrogens is 444 g/mol. The number of fused-ring (bicyclic) bond motifs is 1. The Balaban J connectivity index is 1.59. The molecular formula is C24H25ClN4O2S. The van der Waals surface area contributed by atoms with Crippen molar-refractivity contribution in [3.05, 3.63) is 70.0 Å². The highest BCUT2D eigenvalue weighted by molar-refractivity contribution is 7.22. The number of rotatable bonds is 7. The maximum absolute atomic E-state index is 13.2. The maximum atomic E-state index is 13.2. The Labute approximate surface area is 196 Å². The predicted molar refractivity (Wildman–Crippen MR) is 130 cm³/mol. The Bertz CT molecular complexity index is 1260. The van der Waals surface area contributed by atoms with Crippen molar-refractivity contribution >= 4 is 44.2 Å². The van der Waals surface area contributed by atoms with Gasteiger partial charge < -0.3 is 4.74 Å². The van der Waals surface area contributed by atoms with Gasteiger partial charge in [-0.25, -0.2) is 4.98 Å². The van der Waals surface area contributed by atoms with Gasteiger partial charge >= 0.3 is 0 Å². The second kappa shape index (κ2) is 9.30. The number of benzene rings is 2. The van der Waals surface area contributed by atoms with Gasteiger partial charge in [0.05, 0.1) is 22.5 Å². The van der Waals surface area contributed by atoms with Crippen LogP contribution in [0.1, 0.15) is 22.5 Å². The number of aromatic nitrogens is 3. The third kappa shape index (κ3) is 4.79. The quantitative estimate of drug-likeness (QED) is 0.359. The van der Waals surface area contributed by atoms with Crippen molar-refractivity contribution in [1.82, 2.24) is 14.8 Å². The van der Waals surface area contributed by atoms with Crippen LogP contribution in [0.5, 0.6) is 5.75 Å². The zero-order chi connectivity index (χ0) is 22.8. The summed E-state index contributed by atoms with van der Waals surface area (Å²) in [5.41, 5.74) is 4.87. The predicted octanol–water partition coefficient (Wildman–Crippen LogP) is 5.49. The van der Waals surface area contributed by atoms with Crippen LogP contribution < -0.4 is 9.64 Å². The fourth-order valence-corrected chi connectivity index (χ4v) is 4.71. The Morgan fingerprint density at radius 1 is 1.12 bits per heavy atom. The lowest BCUT2D eigenvalue weighted by molar-refractivity contribution is -0.120. The average Bonchev–Trinajstić information content (AvgIpc) is 3.33. The van der Waals surface area contributed by atoms with Crippen LogP contribution in [0.2, 0.25) is 5.02 Å². The minimum Gasteiger partial charge on any atom is -0.484 e. The first-order chi connectivity index (χ1) is 15.3. The number of thiazole rings is 1. The monoisotopic (exact) mass is 468 g/mol. The summed E-state index contributed by atoms with van der Waals surface area (Å²) in [6, 6.07) is 13.5. The zero-order valence-corrected chi connectivity index (χ0v) is 20.1. The molecule has 0 aliphatic carbocycles. The molecule has 166 valence electrons. The van der Waals surface area contributed by atoms with Crippen LogP contribution in [0.25, 0.3) is 10.2 Å². The number of halogens is 1. The van der Waals surface area contributed by atoms with Gasteiger partial charge in [-0.1, -0.05) is 40.6 Å². The van der Waals surface area contributed by atoms with E-state index in [0.29, 0.717) is 29.0 Å². The molecule has 6 nitrogen and oxygen atoms in total. The fraction of sp³-hybridized carbons (Fsp3) is 0.292.